The molecule has 31 heavy (non-hydrogen) atoms. The molecule has 1 aliphatic rings. The largest absolute Gasteiger partial charge is 0.274 e. The number of nitrogens with zero attached hydrogens (tertiary/aromatic N) is 1. The van der Waals surface area contributed by atoms with Gasteiger partial charge in [-0.05, 0) is 42.5 Å². The first-order valence-electron chi connectivity index (χ1n) is 10.4. The maximum atomic E-state index is 13.4. The van der Waals surface area contributed by atoms with Crippen molar-refractivity contribution in [3.05, 3.63) is 112 Å². The highest BCUT2D eigenvalue weighted by atomic mass is 32.2. The molecule has 0 atom stereocenters. The first-order valence-corrected chi connectivity index (χ1v) is 11.4. The van der Waals surface area contributed by atoms with Crippen LogP contribution in [0.3, 0.4) is 0 Å². The lowest BCUT2D eigenvalue weighted by atomic mass is 9.99. The third-order valence-electron chi connectivity index (χ3n) is 5.47. The number of benzene rings is 3. The molecule has 4 rings (SSSR count). The monoisotopic (exact) mass is 427 g/mol. The summed E-state index contributed by atoms with van der Waals surface area (Å²) in [5.41, 5.74) is 5.78. The van der Waals surface area contributed by atoms with Gasteiger partial charge in [-0.25, -0.2) is 0 Å². The minimum absolute atomic E-state index is 0.183. The predicted molar refractivity (Wildman–Crippen MR) is 127 cm³/mol. The van der Waals surface area contributed by atoms with Gasteiger partial charge in [0.15, 0.2) is 0 Å². The maximum Gasteiger partial charge on any atom is 0.268 e. The predicted octanol–water partition coefficient (Wildman–Crippen LogP) is 5.56. The van der Waals surface area contributed by atoms with E-state index >= 15 is 0 Å². The molecule has 3 nitrogen and oxygen atoms in total. The maximum absolute atomic E-state index is 13.4. The molecule has 156 valence electrons. The number of aryl methyl sites for hydroxylation is 2. The van der Waals surface area contributed by atoms with Crippen molar-refractivity contribution >= 4 is 29.1 Å². The summed E-state index contributed by atoms with van der Waals surface area (Å²) in [6, 6.07) is 26.0. The average Bonchev–Trinajstić information content (AvgIpc) is 3.01. The Labute approximate surface area is 187 Å². The van der Waals surface area contributed by atoms with E-state index in [0.717, 1.165) is 27.8 Å². The number of amides is 2. The molecule has 0 aromatic heterocycles. The molecule has 1 heterocycles. The second-order valence-corrected chi connectivity index (χ2v) is 8.78. The summed E-state index contributed by atoms with van der Waals surface area (Å²) in [6.45, 7) is 4.41. The molecule has 1 aliphatic heterocycles. The zero-order valence-corrected chi connectivity index (χ0v) is 18.6. The third-order valence-corrected chi connectivity index (χ3v) is 6.61. The fourth-order valence-electron chi connectivity index (χ4n) is 3.84. The Bertz CT molecular complexity index is 1140. The van der Waals surface area contributed by atoms with Crippen LogP contribution in [-0.4, -0.2) is 23.3 Å². The molecule has 2 amide bonds. The van der Waals surface area contributed by atoms with Crippen molar-refractivity contribution in [1.29, 1.82) is 0 Å². The standard InChI is InChI=1S/C27H25NO2S/c1-19-13-14-23(20(2)17-19)24-25(31-18-22-11-7-4-8-12-22)27(30)28(26(24)29)16-15-21-9-5-3-6-10-21/h3-14,17H,15-16,18H2,1-2H3. The van der Waals surface area contributed by atoms with Crippen LogP contribution >= 0.6 is 11.8 Å². The van der Waals surface area contributed by atoms with Crippen LogP contribution in [0.25, 0.3) is 5.57 Å². The van der Waals surface area contributed by atoms with Gasteiger partial charge in [0.2, 0.25) is 0 Å². The van der Waals surface area contributed by atoms with Gasteiger partial charge in [-0.1, -0.05) is 84.4 Å². The zero-order valence-electron chi connectivity index (χ0n) is 17.8. The van der Waals surface area contributed by atoms with Gasteiger partial charge in [0, 0.05) is 12.3 Å². The molecule has 0 fully saturated rings. The van der Waals surface area contributed by atoms with Gasteiger partial charge in [0.25, 0.3) is 11.8 Å². The number of thioether (sulfide) groups is 1. The number of hydrogen-bond donors (Lipinski definition) is 0. The van der Waals surface area contributed by atoms with Crippen LogP contribution in [-0.2, 0) is 21.8 Å². The highest BCUT2D eigenvalue weighted by Gasteiger charge is 2.39. The van der Waals surface area contributed by atoms with Gasteiger partial charge < -0.3 is 0 Å². The Balaban J connectivity index is 1.65. The van der Waals surface area contributed by atoms with Gasteiger partial charge >= 0.3 is 0 Å². The quantitative estimate of drug-likeness (QED) is 0.463. The molecule has 0 saturated carbocycles. The topological polar surface area (TPSA) is 37.4 Å². The van der Waals surface area contributed by atoms with Crippen LogP contribution < -0.4 is 0 Å². The molecule has 3 aromatic carbocycles. The summed E-state index contributed by atoms with van der Waals surface area (Å²) in [7, 11) is 0. The van der Waals surface area contributed by atoms with Gasteiger partial charge in [0.05, 0.1) is 10.5 Å². The number of carbonyl (C=O) groups excluding carboxylic acids is 2. The smallest absolute Gasteiger partial charge is 0.268 e. The number of imide groups is 1. The average molecular weight is 428 g/mol. The molecule has 0 spiro atoms. The lowest BCUT2D eigenvalue weighted by Crippen LogP contribution is -2.33. The second-order valence-electron chi connectivity index (χ2n) is 7.79. The molecule has 0 unspecified atom stereocenters. The van der Waals surface area contributed by atoms with E-state index in [0.29, 0.717) is 29.2 Å². The fourth-order valence-corrected chi connectivity index (χ4v) is 4.92. The number of carbonyl (C=O) groups is 2. The molecule has 0 radical (unpaired) electrons. The van der Waals surface area contributed by atoms with Gasteiger partial charge in [-0.2, -0.15) is 0 Å². The molecule has 0 bridgehead atoms. The van der Waals surface area contributed by atoms with E-state index < -0.39 is 0 Å². The first kappa shape index (κ1) is 21.1. The van der Waals surface area contributed by atoms with E-state index in [4.69, 9.17) is 0 Å². The van der Waals surface area contributed by atoms with Crippen LogP contribution in [0.2, 0.25) is 0 Å². The molecule has 0 saturated heterocycles. The van der Waals surface area contributed by atoms with Crippen molar-refractivity contribution in [2.75, 3.05) is 6.54 Å². The molecule has 4 heteroatoms. The first-order chi connectivity index (χ1) is 15.0. The minimum atomic E-state index is -0.191. The second kappa shape index (κ2) is 9.36. The summed E-state index contributed by atoms with van der Waals surface area (Å²) >= 11 is 1.46. The van der Waals surface area contributed by atoms with Crippen molar-refractivity contribution in [2.24, 2.45) is 0 Å². The zero-order chi connectivity index (χ0) is 21.8. The molecule has 3 aromatic rings. The van der Waals surface area contributed by atoms with E-state index in [1.807, 2.05) is 86.6 Å². The number of hydrogen-bond acceptors (Lipinski definition) is 3. The summed E-state index contributed by atoms with van der Waals surface area (Å²) in [4.78, 5) is 28.7. The SMILES string of the molecule is Cc1ccc(C2=C(SCc3ccccc3)C(=O)N(CCc3ccccc3)C2=O)c(C)c1. The number of rotatable bonds is 7. The van der Waals surface area contributed by atoms with Crippen LogP contribution in [0.4, 0.5) is 0 Å². The summed E-state index contributed by atoms with van der Waals surface area (Å²) in [6.07, 6.45) is 0.648. The van der Waals surface area contributed by atoms with Crippen molar-refractivity contribution in [3.63, 3.8) is 0 Å². The van der Waals surface area contributed by atoms with E-state index in [9.17, 15) is 9.59 Å². The summed E-state index contributed by atoms with van der Waals surface area (Å²) < 4.78 is 0. The summed E-state index contributed by atoms with van der Waals surface area (Å²) in [5.74, 6) is 0.274. The van der Waals surface area contributed by atoms with Gasteiger partial charge in [-0.15, -0.1) is 11.8 Å². The van der Waals surface area contributed by atoms with Crippen molar-refractivity contribution < 1.29 is 9.59 Å². The molecular formula is C27H25NO2S. The van der Waals surface area contributed by atoms with Crippen LogP contribution in [0.1, 0.15) is 27.8 Å². The van der Waals surface area contributed by atoms with E-state index in [-0.39, 0.29) is 11.8 Å². The highest BCUT2D eigenvalue weighted by Crippen LogP contribution is 2.38. The lowest BCUT2D eigenvalue weighted by Gasteiger charge is -2.15. The Morgan fingerprint density at radius 2 is 1.42 bits per heavy atom. The van der Waals surface area contributed by atoms with Crippen LogP contribution in [0.5, 0.6) is 0 Å². The van der Waals surface area contributed by atoms with Crippen molar-refractivity contribution in [3.8, 4) is 0 Å². The van der Waals surface area contributed by atoms with E-state index in [1.165, 1.54) is 16.7 Å². The van der Waals surface area contributed by atoms with Crippen LogP contribution in [0, 0.1) is 13.8 Å². The van der Waals surface area contributed by atoms with Crippen LogP contribution in [0.15, 0.2) is 83.8 Å². The third kappa shape index (κ3) is 4.64. The van der Waals surface area contributed by atoms with Gasteiger partial charge in [-0.3, -0.25) is 14.5 Å². The summed E-state index contributed by atoms with van der Waals surface area (Å²) in [5, 5.41) is 0. The molecular weight excluding hydrogens is 402 g/mol. The molecule has 0 N–H and O–H groups in total. The Morgan fingerprint density at radius 3 is 2.06 bits per heavy atom. The molecule has 0 aliphatic carbocycles. The van der Waals surface area contributed by atoms with Crippen molar-refractivity contribution in [1.82, 2.24) is 4.90 Å². The van der Waals surface area contributed by atoms with E-state index in [1.54, 1.807) is 0 Å². The lowest BCUT2D eigenvalue weighted by molar-refractivity contribution is -0.136. The van der Waals surface area contributed by atoms with Crippen molar-refractivity contribution in [2.45, 2.75) is 26.0 Å². The van der Waals surface area contributed by atoms with E-state index in [2.05, 4.69) is 6.07 Å². The Hall–Kier alpha value is -3.11. The normalized spacial score (nSPS) is 13.9. The Morgan fingerprint density at radius 1 is 0.774 bits per heavy atom. The van der Waals surface area contributed by atoms with Gasteiger partial charge in [0.1, 0.15) is 0 Å². The fraction of sp³-hybridized carbons (Fsp3) is 0.185. The Kier molecular flexibility index (Phi) is 6.38. The highest BCUT2D eigenvalue weighted by molar-refractivity contribution is 8.03. The minimum Gasteiger partial charge on any atom is -0.274 e.